The molecule has 1 heterocycles. The van der Waals surface area contributed by atoms with Crippen molar-refractivity contribution in [3.05, 3.63) is 65.7 Å². The lowest BCUT2D eigenvalue weighted by atomic mass is 10.0. The second-order valence-electron chi connectivity index (χ2n) is 6.75. The number of para-hydroxylation sites is 1. The van der Waals surface area contributed by atoms with Gasteiger partial charge < -0.3 is 15.5 Å². The SMILES string of the molecule is CCNC(=NCC(=O)N1CCCc2ccccc21)NC(C)c1ccccc1.I. The van der Waals surface area contributed by atoms with Crippen LogP contribution >= 0.6 is 24.0 Å². The summed E-state index contributed by atoms with van der Waals surface area (Å²) < 4.78 is 0. The number of carbonyl (C=O) groups excluding carboxylic acids is 1. The number of nitrogens with zero attached hydrogens (tertiary/aromatic N) is 2. The predicted molar refractivity (Wildman–Crippen MR) is 127 cm³/mol. The molecule has 28 heavy (non-hydrogen) atoms. The summed E-state index contributed by atoms with van der Waals surface area (Å²) in [5, 5.41) is 6.61. The molecule has 2 aromatic rings. The Hall–Kier alpha value is -2.09. The molecule has 1 unspecified atom stereocenters. The van der Waals surface area contributed by atoms with Crippen molar-refractivity contribution in [2.45, 2.75) is 32.7 Å². The lowest BCUT2D eigenvalue weighted by molar-refractivity contribution is -0.117. The fraction of sp³-hybridized carbons (Fsp3) is 0.364. The maximum atomic E-state index is 12.8. The largest absolute Gasteiger partial charge is 0.357 e. The van der Waals surface area contributed by atoms with E-state index in [9.17, 15) is 4.79 Å². The highest BCUT2D eigenvalue weighted by Crippen LogP contribution is 2.26. The van der Waals surface area contributed by atoms with Crippen molar-refractivity contribution < 1.29 is 4.79 Å². The standard InChI is InChI=1S/C22H28N4O.HI/c1-3-23-22(25-17(2)18-10-5-4-6-11-18)24-16-21(27)26-15-9-13-19-12-7-8-14-20(19)26;/h4-8,10-12,14,17H,3,9,13,15-16H2,1-2H3,(H2,23,24,25);1H. The number of nitrogens with one attached hydrogen (secondary N) is 2. The number of hydrogen-bond acceptors (Lipinski definition) is 2. The monoisotopic (exact) mass is 492 g/mol. The molecular formula is C22H29IN4O. The number of halogens is 1. The van der Waals surface area contributed by atoms with Gasteiger partial charge >= 0.3 is 0 Å². The summed E-state index contributed by atoms with van der Waals surface area (Å²) in [6, 6.07) is 18.5. The van der Waals surface area contributed by atoms with Gasteiger partial charge in [0, 0.05) is 18.8 Å². The highest BCUT2D eigenvalue weighted by Gasteiger charge is 2.21. The second kappa shape index (κ2) is 11.0. The van der Waals surface area contributed by atoms with Gasteiger partial charge in [-0.1, -0.05) is 48.5 Å². The number of aryl methyl sites for hydroxylation is 1. The van der Waals surface area contributed by atoms with Crippen molar-refractivity contribution in [3.8, 4) is 0 Å². The molecule has 0 saturated carbocycles. The molecule has 0 bridgehead atoms. The molecule has 0 aromatic heterocycles. The third-order valence-electron chi connectivity index (χ3n) is 4.78. The number of hydrogen-bond donors (Lipinski definition) is 2. The first-order valence-corrected chi connectivity index (χ1v) is 9.67. The Kier molecular flexibility index (Phi) is 8.76. The fourth-order valence-electron chi connectivity index (χ4n) is 3.37. The van der Waals surface area contributed by atoms with Gasteiger partial charge in [-0.25, -0.2) is 4.99 Å². The molecule has 2 N–H and O–H groups in total. The number of aliphatic imine (C=N–C) groups is 1. The average molecular weight is 492 g/mol. The molecule has 0 saturated heterocycles. The number of rotatable bonds is 5. The van der Waals surface area contributed by atoms with Crippen LogP contribution in [0.2, 0.25) is 0 Å². The quantitative estimate of drug-likeness (QED) is 0.378. The van der Waals surface area contributed by atoms with Crippen LogP contribution in [0, 0.1) is 0 Å². The summed E-state index contributed by atoms with van der Waals surface area (Å²) in [5.74, 6) is 0.694. The predicted octanol–water partition coefficient (Wildman–Crippen LogP) is 3.90. The highest BCUT2D eigenvalue weighted by molar-refractivity contribution is 14.0. The van der Waals surface area contributed by atoms with Gasteiger partial charge in [0.1, 0.15) is 6.54 Å². The zero-order valence-corrected chi connectivity index (χ0v) is 18.9. The van der Waals surface area contributed by atoms with E-state index in [0.717, 1.165) is 31.6 Å². The Labute approximate surface area is 184 Å². The number of benzene rings is 2. The number of fused-ring (bicyclic) bond motifs is 1. The van der Waals surface area contributed by atoms with Crippen LogP contribution in [0.3, 0.4) is 0 Å². The lowest BCUT2D eigenvalue weighted by Crippen LogP contribution is -2.41. The Morgan fingerprint density at radius 1 is 1.14 bits per heavy atom. The molecule has 3 rings (SSSR count). The van der Waals surface area contributed by atoms with Gasteiger partial charge in [0.05, 0.1) is 6.04 Å². The fourth-order valence-corrected chi connectivity index (χ4v) is 3.37. The molecule has 0 spiro atoms. The second-order valence-corrected chi connectivity index (χ2v) is 6.75. The van der Waals surface area contributed by atoms with Crippen LogP contribution < -0.4 is 15.5 Å². The molecule has 1 aliphatic rings. The van der Waals surface area contributed by atoms with E-state index < -0.39 is 0 Å². The molecule has 0 radical (unpaired) electrons. The van der Waals surface area contributed by atoms with E-state index in [1.807, 2.05) is 48.2 Å². The van der Waals surface area contributed by atoms with Crippen LogP contribution in [0.1, 0.15) is 37.4 Å². The normalized spacial score (nSPS) is 14.5. The Balaban J connectivity index is 0.00000280. The van der Waals surface area contributed by atoms with E-state index in [1.165, 1.54) is 11.1 Å². The average Bonchev–Trinajstić information content (AvgIpc) is 2.72. The summed E-state index contributed by atoms with van der Waals surface area (Å²) in [5.41, 5.74) is 3.45. The number of carbonyl (C=O) groups is 1. The van der Waals surface area contributed by atoms with E-state index in [1.54, 1.807) is 0 Å². The smallest absolute Gasteiger partial charge is 0.248 e. The number of amides is 1. The molecule has 2 aromatic carbocycles. The van der Waals surface area contributed by atoms with Crippen LogP contribution in [0.25, 0.3) is 0 Å². The van der Waals surface area contributed by atoms with Gasteiger partial charge in [-0.15, -0.1) is 24.0 Å². The molecule has 1 amide bonds. The summed E-state index contributed by atoms with van der Waals surface area (Å²) in [4.78, 5) is 19.2. The van der Waals surface area contributed by atoms with E-state index in [4.69, 9.17) is 0 Å². The number of anilines is 1. The summed E-state index contributed by atoms with van der Waals surface area (Å²) in [7, 11) is 0. The first-order valence-electron chi connectivity index (χ1n) is 9.67. The van der Waals surface area contributed by atoms with E-state index >= 15 is 0 Å². The zero-order valence-electron chi connectivity index (χ0n) is 16.5. The van der Waals surface area contributed by atoms with Gasteiger partial charge in [0.25, 0.3) is 0 Å². The van der Waals surface area contributed by atoms with E-state index in [2.05, 4.69) is 40.7 Å². The summed E-state index contributed by atoms with van der Waals surface area (Å²) >= 11 is 0. The van der Waals surface area contributed by atoms with E-state index in [-0.39, 0.29) is 42.5 Å². The minimum Gasteiger partial charge on any atom is -0.357 e. The van der Waals surface area contributed by atoms with Gasteiger partial charge in [-0.3, -0.25) is 4.79 Å². The summed E-state index contributed by atoms with van der Waals surface area (Å²) in [6.45, 7) is 5.74. The number of guanidine groups is 1. The van der Waals surface area contributed by atoms with Gasteiger partial charge in [0.2, 0.25) is 5.91 Å². The molecule has 150 valence electrons. The van der Waals surface area contributed by atoms with Crippen LogP contribution in [0.4, 0.5) is 5.69 Å². The van der Waals surface area contributed by atoms with Crippen LogP contribution in [-0.2, 0) is 11.2 Å². The third kappa shape index (κ3) is 5.70. The van der Waals surface area contributed by atoms with Gasteiger partial charge in [-0.05, 0) is 43.9 Å². The molecular weight excluding hydrogens is 463 g/mol. The molecule has 0 aliphatic carbocycles. The minimum atomic E-state index is 0. The molecule has 6 heteroatoms. The van der Waals surface area contributed by atoms with E-state index in [0.29, 0.717) is 5.96 Å². The van der Waals surface area contributed by atoms with Crippen molar-refractivity contribution in [2.24, 2.45) is 4.99 Å². The minimum absolute atomic E-state index is 0. The topological polar surface area (TPSA) is 56.7 Å². The maximum Gasteiger partial charge on any atom is 0.248 e. The van der Waals surface area contributed by atoms with Crippen molar-refractivity contribution in [1.29, 1.82) is 0 Å². The first-order chi connectivity index (χ1) is 13.2. The Bertz CT molecular complexity index is 794. The molecule has 1 atom stereocenters. The van der Waals surface area contributed by atoms with Crippen molar-refractivity contribution in [3.63, 3.8) is 0 Å². The Morgan fingerprint density at radius 2 is 1.86 bits per heavy atom. The molecule has 5 nitrogen and oxygen atoms in total. The van der Waals surface area contributed by atoms with Gasteiger partial charge in [0.15, 0.2) is 5.96 Å². The maximum absolute atomic E-state index is 12.8. The first kappa shape index (κ1) is 22.2. The van der Waals surface area contributed by atoms with Crippen molar-refractivity contribution in [1.82, 2.24) is 10.6 Å². The molecule has 0 fully saturated rings. The Morgan fingerprint density at radius 3 is 2.61 bits per heavy atom. The summed E-state index contributed by atoms with van der Waals surface area (Å²) in [6.07, 6.45) is 2.03. The third-order valence-corrected chi connectivity index (χ3v) is 4.78. The van der Waals surface area contributed by atoms with Crippen molar-refractivity contribution >= 4 is 41.5 Å². The lowest BCUT2D eigenvalue weighted by Gasteiger charge is -2.29. The molecule has 1 aliphatic heterocycles. The highest BCUT2D eigenvalue weighted by atomic mass is 127. The van der Waals surface area contributed by atoms with Crippen LogP contribution in [0.5, 0.6) is 0 Å². The van der Waals surface area contributed by atoms with Crippen LogP contribution in [0.15, 0.2) is 59.6 Å². The van der Waals surface area contributed by atoms with Crippen LogP contribution in [-0.4, -0.2) is 31.5 Å². The van der Waals surface area contributed by atoms with Gasteiger partial charge in [-0.2, -0.15) is 0 Å². The zero-order chi connectivity index (χ0) is 19.1. The van der Waals surface area contributed by atoms with Crippen molar-refractivity contribution in [2.75, 3.05) is 24.5 Å².